The minimum Gasteiger partial charge on any atom is -0.368 e. The van der Waals surface area contributed by atoms with Gasteiger partial charge in [-0.3, -0.25) is 9.59 Å². The van der Waals surface area contributed by atoms with Crippen LogP contribution in [0.25, 0.3) is 0 Å². The Bertz CT molecular complexity index is 456. The topological polar surface area (TPSA) is 72.2 Å². The summed E-state index contributed by atoms with van der Waals surface area (Å²) >= 11 is 2.88. The van der Waals surface area contributed by atoms with Crippen molar-refractivity contribution in [2.75, 3.05) is 0 Å². The molecule has 1 unspecified atom stereocenters. The third-order valence-corrected chi connectivity index (χ3v) is 2.47. The molecule has 0 aliphatic rings. The summed E-state index contributed by atoms with van der Waals surface area (Å²) in [6.07, 6.45) is 0. The van der Waals surface area contributed by atoms with Crippen molar-refractivity contribution in [1.29, 1.82) is 0 Å². The number of nitrogens with two attached hydrogens (primary N) is 1. The molecule has 7 heteroatoms. The normalized spacial score (nSPS) is 12.0. The highest BCUT2D eigenvalue weighted by Gasteiger charge is 2.21. The molecule has 0 aromatic heterocycles. The predicted octanol–water partition coefficient (Wildman–Crippen LogP) is 1.33. The van der Waals surface area contributed by atoms with E-state index in [-0.39, 0.29) is 4.47 Å². The maximum absolute atomic E-state index is 13.4. The Morgan fingerprint density at radius 2 is 1.82 bits per heavy atom. The number of hydrogen-bond donors (Lipinski definition) is 2. The zero-order chi connectivity index (χ0) is 13.2. The first-order valence-electron chi connectivity index (χ1n) is 4.57. The van der Waals surface area contributed by atoms with Gasteiger partial charge in [0.25, 0.3) is 5.91 Å². The van der Waals surface area contributed by atoms with Crippen LogP contribution in [0.5, 0.6) is 0 Å². The van der Waals surface area contributed by atoms with Gasteiger partial charge in [0.15, 0.2) is 0 Å². The fraction of sp³-hybridized carbons (Fsp3) is 0.200. The molecule has 1 atom stereocenters. The van der Waals surface area contributed by atoms with Gasteiger partial charge in [-0.25, -0.2) is 8.78 Å². The second-order valence-corrected chi connectivity index (χ2v) is 4.26. The van der Waals surface area contributed by atoms with Crippen molar-refractivity contribution in [2.45, 2.75) is 13.0 Å². The lowest BCUT2D eigenvalue weighted by Crippen LogP contribution is -2.42. The standard InChI is InChI=1S/C10H9BrF2N2O2/c1-4(9(14)16)15-10(17)8-6(12)2-5(11)3-7(8)13/h2-4H,1H3,(H2,14,16)(H,15,17). The number of hydrogen-bond acceptors (Lipinski definition) is 2. The van der Waals surface area contributed by atoms with E-state index in [0.717, 1.165) is 12.1 Å². The Morgan fingerprint density at radius 1 is 1.35 bits per heavy atom. The molecule has 0 aliphatic carbocycles. The van der Waals surface area contributed by atoms with E-state index >= 15 is 0 Å². The number of rotatable bonds is 3. The highest BCUT2D eigenvalue weighted by molar-refractivity contribution is 9.10. The summed E-state index contributed by atoms with van der Waals surface area (Å²) in [5.74, 6) is -3.87. The molecule has 0 saturated heterocycles. The van der Waals surface area contributed by atoms with Crippen molar-refractivity contribution in [2.24, 2.45) is 5.73 Å². The molecule has 92 valence electrons. The van der Waals surface area contributed by atoms with Gasteiger partial charge in [0.05, 0.1) is 0 Å². The first kappa shape index (κ1) is 13.6. The average molecular weight is 307 g/mol. The predicted molar refractivity (Wildman–Crippen MR) is 60.2 cm³/mol. The number of halogens is 3. The third kappa shape index (κ3) is 3.23. The summed E-state index contributed by atoms with van der Waals surface area (Å²) in [5.41, 5.74) is 4.17. The summed E-state index contributed by atoms with van der Waals surface area (Å²) in [5, 5.41) is 2.09. The SMILES string of the molecule is CC(NC(=O)c1c(F)cc(Br)cc1F)C(N)=O. The Labute approximate surface area is 104 Å². The second-order valence-electron chi connectivity index (χ2n) is 3.34. The monoisotopic (exact) mass is 306 g/mol. The smallest absolute Gasteiger partial charge is 0.257 e. The molecule has 1 aromatic rings. The number of carbonyl (C=O) groups is 2. The average Bonchev–Trinajstić information content (AvgIpc) is 2.15. The molecule has 0 radical (unpaired) electrons. The van der Waals surface area contributed by atoms with Gasteiger partial charge in [-0.1, -0.05) is 15.9 Å². The van der Waals surface area contributed by atoms with Crippen LogP contribution in [-0.2, 0) is 4.79 Å². The van der Waals surface area contributed by atoms with E-state index in [9.17, 15) is 18.4 Å². The van der Waals surface area contributed by atoms with Crippen molar-refractivity contribution >= 4 is 27.7 Å². The van der Waals surface area contributed by atoms with Crippen molar-refractivity contribution in [3.05, 3.63) is 33.8 Å². The number of nitrogens with one attached hydrogen (secondary N) is 1. The van der Waals surface area contributed by atoms with Crippen LogP contribution in [0.3, 0.4) is 0 Å². The first-order valence-corrected chi connectivity index (χ1v) is 5.37. The van der Waals surface area contributed by atoms with Crippen molar-refractivity contribution in [1.82, 2.24) is 5.32 Å². The first-order chi connectivity index (χ1) is 7.82. The lowest BCUT2D eigenvalue weighted by atomic mass is 10.1. The van der Waals surface area contributed by atoms with Crippen molar-refractivity contribution in [3.63, 3.8) is 0 Å². The summed E-state index contributed by atoms with van der Waals surface area (Å²) in [7, 11) is 0. The lowest BCUT2D eigenvalue weighted by molar-refractivity contribution is -0.119. The number of primary amides is 1. The van der Waals surface area contributed by atoms with Crippen LogP contribution in [0, 0.1) is 11.6 Å². The van der Waals surface area contributed by atoms with E-state index in [2.05, 4.69) is 21.2 Å². The quantitative estimate of drug-likeness (QED) is 0.884. The van der Waals surface area contributed by atoms with E-state index in [4.69, 9.17) is 5.73 Å². The summed E-state index contributed by atoms with van der Waals surface area (Å²) in [4.78, 5) is 22.2. The van der Waals surface area contributed by atoms with Gasteiger partial charge in [0.1, 0.15) is 23.2 Å². The summed E-state index contributed by atoms with van der Waals surface area (Å²) < 4.78 is 26.9. The Morgan fingerprint density at radius 3 is 2.24 bits per heavy atom. The molecule has 0 saturated carbocycles. The molecule has 17 heavy (non-hydrogen) atoms. The van der Waals surface area contributed by atoms with Crippen LogP contribution in [0.2, 0.25) is 0 Å². The van der Waals surface area contributed by atoms with Gasteiger partial charge >= 0.3 is 0 Å². The lowest BCUT2D eigenvalue weighted by Gasteiger charge is -2.11. The molecule has 0 fully saturated rings. The van der Waals surface area contributed by atoms with E-state index in [1.807, 2.05) is 0 Å². The van der Waals surface area contributed by atoms with Crippen LogP contribution >= 0.6 is 15.9 Å². The van der Waals surface area contributed by atoms with Gasteiger partial charge in [-0.2, -0.15) is 0 Å². The largest absolute Gasteiger partial charge is 0.368 e. The minimum atomic E-state index is -1.03. The third-order valence-electron chi connectivity index (χ3n) is 2.01. The molecule has 2 amide bonds. The fourth-order valence-corrected chi connectivity index (χ4v) is 1.50. The maximum Gasteiger partial charge on any atom is 0.257 e. The van der Waals surface area contributed by atoms with Crippen LogP contribution in [-0.4, -0.2) is 17.9 Å². The zero-order valence-corrected chi connectivity index (χ0v) is 10.3. The van der Waals surface area contributed by atoms with Gasteiger partial charge in [0, 0.05) is 4.47 Å². The Hall–Kier alpha value is -1.50. The fourth-order valence-electron chi connectivity index (χ4n) is 1.10. The van der Waals surface area contributed by atoms with Crippen LogP contribution in [0.1, 0.15) is 17.3 Å². The van der Waals surface area contributed by atoms with Crippen LogP contribution in [0.15, 0.2) is 16.6 Å². The number of amides is 2. The number of benzene rings is 1. The number of carbonyl (C=O) groups excluding carboxylic acids is 2. The van der Waals surface area contributed by atoms with Gasteiger partial charge in [0.2, 0.25) is 5.91 Å². The summed E-state index contributed by atoms with van der Waals surface area (Å²) in [6, 6.07) is 0.893. The van der Waals surface area contributed by atoms with Gasteiger partial charge < -0.3 is 11.1 Å². The van der Waals surface area contributed by atoms with Gasteiger partial charge in [-0.05, 0) is 19.1 Å². The molecule has 4 nitrogen and oxygen atoms in total. The molecule has 3 N–H and O–H groups in total. The van der Waals surface area contributed by atoms with Crippen molar-refractivity contribution in [3.8, 4) is 0 Å². The molecule has 0 spiro atoms. The highest BCUT2D eigenvalue weighted by Crippen LogP contribution is 2.19. The molecule has 0 heterocycles. The van der Waals surface area contributed by atoms with Crippen molar-refractivity contribution < 1.29 is 18.4 Å². The molecular formula is C10H9BrF2N2O2. The van der Waals surface area contributed by atoms with E-state index in [0.29, 0.717) is 0 Å². The molecule has 1 aromatic carbocycles. The molecule has 0 bridgehead atoms. The zero-order valence-electron chi connectivity index (χ0n) is 8.76. The maximum atomic E-state index is 13.4. The van der Waals surface area contributed by atoms with E-state index in [1.54, 1.807) is 0 Å². The highest BCUT2D eigenvalue weighted by atomic mass is 79.9. The molecule has 0 aliphatic heterocycles. The Kier molecular flexibility index (Phi) is 4.17. The van der Waals surface area contributed by atoms with Crippen LogP contribution < -0.4 is 11.1 Å². The molecular weight excluding hydrogens is 298 g/mol. The Balaban J connectivity index is 3.01. The van der Waals surface area contributed by atoms with Crippen LogP contribution in [0.4, 0.5) is 8.78 Å². The van der Waals surface area contributed by atoms with Gasteiger partial charge in [-0.15, -0.1) is 0 Å². The minimum absolute atomic E-state index is 0.173. The summed E-state index contributed by atoms with van der Waals surface area (Å²) in [6.45, 7) is 1.31. The second kappa shape index (κ2) is 5.22. The molecule has 1 rings (SSSR count). The van der Waals surface area contributed by atoms with E-state index < -0.39 is 35.1 Å². The van der Waals surface area contributed by atoms with E-state index in [1.165, 1.54) is 6.92 Å².